The molecule has 4 heteroatoms. The van der Waals surface area contributed by atoms with Crippen molar-refractivity contribution in [2.75, 3.05) is 0 Å². The normalized spacial score (nSPS) is 11.0. The molecule has 0 N–H and O–H groups in total. The fourth-order valence-corrected chi connectivity index (χ4v) is 2.42. The predicted octanol–water partition coefficient (Wildman–Crippen LogP) is 2.91. The van der Waals surface area contributed by atoms with Gasteiger partial charge in [-0.2, -0.15) is 0 Å². The van der Waals surface area contributed by atoms with Gasteiger partial charge in [0.25, 0.3) is 5.56 Å². The van der Waals surface area contributed by atoms with E-state index in [1.807, 2.05) is 54.6 Å². The summed E-state index contributed by atoms with van der Waals surface area (Å²) < 4.78 is 1.48. The Morgan fingerprint density at radius 2 is 1.67 bits per heavy atom. The van der Waals surface area contributed by atoms with Gasteiger partial charge in [-0.3, -0.25) is 9.20 Å². The third-order valence-corrected chi connectivity index (χ3v) is 3.48. The Morgan fingerprint density at radius 3 is 2.52 bits per heavy atom. The monoisotopic (exact) mass is 273 g/mol. The van der Waals surface area contributed by atoms with E-state index in [9.17, 15) is 4.79 Å². The van der Waals surface area contributed by atoms with Crippen molar-refractivity contribution in [3.8, 4) is 11.3 Å². The molecule has 4 rings (SSSR count). The number of para-hydroxylation sites is 1. The molecule has 4 nitrogen and oxygen atoms in total. The summed E-state index contributed by atoms with van der Waals surface area (Å²) in [5.74, 6) is 0. The molecule has 0 unspecified atom stereocenters. The van der Waals surface area contributed by atoms with E-state index >= 15 is 0 Å². The van der Waals surface area contributed by atoms with Crippen LogP contribution in [0.2, 0.25) is 0 Å². The molecule has 0 fully saturated rings. The first-order valence-corrected chi connectivity index (χ1v) is 6.65. The molecule has 0 bridgehead atoms. The van der Waals surface area contributed by atoms with Crippen LogP contribution >= 0.6 is 0 Å². The Morgan fingerprint density at radius 1 is 0.905 bits per heavy atom. The van der Waals surface area contributed by atoms with Gasteiger partial charge in [-0.1, -0.05) is 42.5 Å². The average molecular weight is 273 g/mol. The van der Waals surface area contributed by atoms with Gasteiger partial charge in [-0.15, -0.1) is 0 Å². The maximum atomic E-state index is 12.4. The minimum atomic E-state index is -0.0947. The highest BCUT2D eigenvalue weighted by Gasteiger charge is 2.07. The lowest BCUT2D eigenvalue weighted by Gasteiger charge is -2.05. The molecule has 0 aliphatic rings. The molecular formula is C17H11N3O. The van der Waals surface area contributed by atoms with Gasteiger partial charge in [0, 0.05) is 11.6 Å². The van der Waals surface area contributed by atoms with Crippen molar-refractivity contribution in [3.05, 3.63) is 77.3 Å². The minimum Gasteiger partial charge on any atom is -0.268 e. The van der Waals surface area contributed by atoms with Crippen LogP contribution in [0, 0.1) is 0 Å². The number of benzene rings is 2. The van der Waals surface area contributed by atoms with Crippen molar-refractivity contribution >= 4 is 16.6 Å². The molecule has 2 heterocycles. The standard InChI is InChI=1S/C17H11N3O/c21-17-13-8-4-5-9-14(13)19-16-10-15(18-11-20(16)17)12-6-2-1-3-7-12/h1-11H. The summed E-state index contributed by atoms with van der Waals surface area (Å²) in [6.07, 6.45) is 1.54. The number of nitrogens with zero attached hydrogens (tertiary/aromatic N) is 3. The summed E-state index contributed by atoms with van der Waals surface area (Å²) in [5.41, 5.74) is 3.02. The molecular weight excluding hydrogens is 262 g/mol. The fourth-order valence-electron chi connectivity index (χ4n) is 2.42. The third-order valence-electron chi connectivity index (χ3n) is 3.48. The van der Waals surface area contributed by atoms with Crippen LogP contribution in [0.4, 0.5) is 0 Å². The Balaban J connectivity index is 2.04. The Hall–Kier alpha value is -3.01. The van der Waals surface area contributed by atoms with Gasteiger partial charge in [0.05, 0.1) is 16.6 Å². The SMILES string of the molecule is O=c1c2ccccc2nc2cc(-c3ccccc3)ncn12. The first kappa shape index (κ1) is 11.8. The van der Waals surface area contributed by atoms with Crippen molar-refractivity contribution in [1.29, 1.82) is 0 Å². The van der Waals surface area contributed by atoms with Gasteiger partial charge in [-0.05, 0) is 12.1 Å². The van der Waals surface area contributed by atoms with Gasteiger partial charge >= 0.3 is 0 Å². The van der Waals surface area contributed by atoms with E-state index in [0.29, 0.717) is 16.6 Å². The van der Waals surface area contributed by atoms with Crippen LogP contribution in [0.25, 0.3) is 27.8 Å². The van der Waals surface area contributed by atoms with Crippen LogP contribution < -0.4 is 5.56 Å². The molecule has 21 heavy (non-hydrogen) atoms. The number of hydrogen-bond acceptors (Lipinski definition) is 3. The maximum Gasteiger partial charge on any atom is 0.266 e. The average Bonchev–Trinajstić information content (AvgIpc) is 2.55. The summed E-state index contributed by atoms with van der Waals surface area (Å²) in [5, 5.41) is 0.601. The summed E-state index contributed by atoms with van der Waals surface area (Å²) in [6.45, 7) is 0. The zero-order valence-corrected chi connectivity index (χ0v) is 11.1. The van der Waals surface area contributed by atoms with Crippen LogP contribution in [-0.4, -0.2) is 14.4 Å². The Kier molecular flexibility index (Phi) is 2.54. The molecule has 0 aliphatic heterocycles. The van der Waals surface area contributed by atoms with Crippen molar-refractivity contribution in [1.82, 2.24) is 14.4 Å². The van der Waals surface area contributed by atoms with Crippen LogP contribution in [0.5, 0.6) is 0 Å². The second-order valence-corrected chi connectivity index (χ2v) is 4.80. The van der Waals surface area contributed by atoms with Crippen LogP contribution in [0.1, 0.15) is 0 Å². The molecule has 0 radical (unpaired) electrons. The van der Waals surface area contributed by atoms with Gasteiger partial charge in [0.1, 0.15) is 12.0 Å². The molecule has 0 spiro atoms. The first-order valence-electron chi connectivity index (χ1n) is 6.65. The summed E-state index contributed by atoms with van der Waals surface area (Å²) >= 11 is 0. The molecule has 100 valence electrons. The molecule has 2 aromatic carbocycles. The predicted molar refractivity (Wildman–Crippen MR) is 82.2 cm³/mol. The van der Waals surface area contributed by atoms with E-state index in [0.717, 1.165) is 11.3 Å². The van der Waals surface area contributed by atoms with E-state index in [1.165, 1.54) is 4.40 Å². The van der Waals surface area contributed by atoms with Crippen molar-refractivity contribution in [3.63, 3.8) is 0 Å². The minimum absolute atomic E-state index is 0.0947. The van der Waals surface area contributed by atoms with Gasteiger partial charge in [0.2, 0.25) is 0 Å². The molecule has 0 atom stereocenters. The molecule has 0 aliphatic carbocycles. The molecule has 0 saturated heterocycles. The number of rotatable bonds is 1. The van der Waals surface area contributed by atoms with Crippen LogP contribution in [0.15, 0.2) is 71.8 Å². The largest absolute Gasteiger partial charge is 0.268 e. The van der Waals surface area contributed by atoms with Crippen LogP contribution in [0.3, 0.4) is 0 Å². The molecule has 2 aromatic heterocycles. The van der Waals surface area contributed by atoms with Crippen molar-refractivity contribution in [2.45, 2.75) is 0 Å². The second-order valence-electron chi connectivity index (χ2n) is 4.80. The summed E-state index contributed by atoms with van der Waals surface area (Å²) in [4.78, 5) is 21.3. The van der Waals surface area contributed by atoms with Crippen LogP contribution in [-0.2, 0) is 0 Å². The molecule has 0 amide bonds. The number of hydrogen-bond donors (Lipinski definition) is 0. The lowest BCUT2D eigenvalue weighted by atomic mass is 10.1. The highest BCUT2D eigenvalue weighted by molar-refractivity contribution is 5.80. The van der Waals surface area contributed by atoms with E-state index in [4.69, 9.17) is 0 Å². The van der Waals surface area contributed by atoms with E-state index < -0.39 is 0 Å². The maximum absolute atomic E-state index is 12.4. The zero-order chi connectivity index (χ0) is 14.2. The van der Waals surface area contributed by atoms with E-state index in [2.05, 4.69) is 9.97 Å². The zero-order valence-electron chi connectivity index (χ0n) is 11.1. The van der Waals surface area contributed by atoms with E-state index in [1.54, 1.807) is 12.4 Å². The molecule has 0 saturated carbocycles. The van der Waals surface area contributed by atoms with Gasteiger partial charge < -0.3 is 0 Å². The Bertz CT molecular complexity index is 1010. The number of fused-ring (bicyclic) bond motifs is 2. The quantitative estimate of drug-likeness (QED) is 0.501. The van der Waals surface area contributed by atoms with E-state index in [-0.39, 0.29) is 5.56 Å². The summed E-state index contributed by atoms with van der Waals surface area (Å²) in [7, 11) is 0. The van der Waals surface area contributed by atoms with Crippen molar-refractivity contribution < 1.29 is 0 Å². The third kappa shape index (κ3) is 1.89. The van der Waals surface area contributed by atoms with Gasteiger partial charge in [0.15, 0.2) is 0 Å². The van der Waals surface area contributed by atoms with Gasteiger partial charge in [-0.25, -0.2) is 9.97 Å². The lowest BCUT2D eigenvalue weighted by molar-refractivity contribution is 1.02. The summed E-state index contributed by atoms with van der Waals surface area (Å²) in [6, 6.07) is 19.0. The number of aromatic nitrogens is 3. The smallest absolute Gasteiger partial charge is 0.266 e. The fraction of sp³-hybridized carbons (Fsp3) is 0. The Labute approximate surface area is 120 Å². The first-order chi connectivity index (χ1) is 10.3. The second kappa shape index (κ2) is 4.52. The topological polar surface area (TPSA) is 47.3 Å². The molecule has 4 aromatic rings. The highest BCUT2D eigenvalue weighted by atomic mass is 16.1. The van der Waals surface area contributed by atoms with Crippen molar-refractivity contribution in [2.24, 2.45) is 0 Å². The highest BCUT2D eigenvalue weighted by Crippen LogP contribution is 2.17. The lowest BCUT2D eigenvalue weighted by Crippen LogP contribution is -2.15.